The second-order valence-corrected chi connectivity index (χ2v) is 2.72. The molecule has 0 fully saturated rings. The van der Waals surface area contributed by atoms with Gasteiger partial charge < -0.3 is 9.97 Å². The monoisotopic (exact) mass is 192 g/mol. The zero-order valence-electron chi connectivity index (χ0n) is 8.13. The second-order valence-electron chi connectivity index (χ2n) is 2.72. The van der Waals surface area contributed by atoms with Crippen LogP contribution < -0.4 is 21.8 Å². The van der Waals surface area contributed by atoms with Crippen LogP contribution in [0.2, 0.25) is 0 Å². The van der Waals surface area contributed by atoms with Crippen molar-refractivity contribution in [1.29, 1.82) is 0 Å². The standard InChI is InChI=1S/C10H12N2O2/c1-3-5-6-8-10(14)11-7(4-2)9(13)12-8/h3-6H,1-2H3,(H,11,14)(H,12,13)/b5-3+,7-4+,8-6+. The van der Waals surface area contributed by atoms with Crippen LogP contribution in [0.15, 0.2) is 21.7 Å². The van der Waals surface area contributed by atoms with E-state index in [2.05, 4.69) is 9.97 Å². The van der Waals surface area contributed by atoms with Gasteiger partial charge in [0.1, 0.15) is 10.7 Å². The maximum absolute atomic E-state index is 11.3. The van der Waals surface area contributed by atoms with Gasteiger partial charge >= 0.3 is 0 Å². The minimum atomic E-state index is -0.296. The molecule has 0 aliphatic heterocycles. The highest BCUT2D eigenvalue weighted by molar-refractivity contribution is 5.32. The third kappa shape index (κ3) is 2.10. The maximum atomic E-state index is 11.3. The topological polar surface area (TPSA) is 65.7 Å². The zero-order valence-corrected chi connectivity index (χ0v) is 8.13. The summed E-state index contributed by atoms with van der Waals surface area (Å²) in [6.07, 6.45) is 6.58. The van der Waals surface area contributed by atoms with Gasteiger partial charge in [-0.3, -0.25) is 9.59 Å². The summed E-state index contributed by atoms with van der Waals surface area (Å²) in [5, 5.41) is 0.548. The molecule has 0 aliphatic rings. The molecule has 4 heteroatoms. The van der Waals surface area contributed by atoms with Crippen molar-refractivity contribution in [2.45, 2.75) is 13.8 Å². The van der Waals surface area contributed by atoms with E-state index in [1.54, 1.807) is 31.2 Å². The van der Waals surface area contributed by atoms with Gasteiger partial charge in [-0.15, -0.1) is 0 Å². The van der Waals surface area contributed by atoms with Gasteiger partial charge in [0.15, 0.2) is 0 Å². The molecule has 0 spiro atoms. The van der Waals surface area contributed by atoms with Crippen LogP contribution in [0.25, 0.3) is 12.2 Å². The van der Waals surface area contributed by atoms with Gasteiger partial charge in [0.25, 0.3) is 11.1 Å². The summed E-state index contributed by atoms with van der Waals surface area (Å²) >= 11 is 0. The summed E-state index contributed by atoms with van der Waals surface area (Å²) in [6, 6.07) is 0. The van der Waals surface area contributed by atoms with Crippen molar-refractivity contribution >= 4 is 12.2 Å². The molecule has 0 aromatic carbocycles. The fourth-order valence-corrected chi connectivity index (χ4v) is 1.01. The molecule has 0 saturated carbocycles. The third-order valence-corrected chi connectivity index (χ3v) is 1.73. The lowest BCUT2D eigenvalue weighted by atomic mass is 10.4. The van der Waals surface area contributed by atoms with Gasteiger partial charge in [-0.2, -0.15) is 0 Å². The Kier molecular flexibility index (Phi) is 3.23. The lowest BCUT2D eigenvalue weighted by Gasteiger charge is -1.86. The molecule has 0 unspecified atom stereocenters. The Labute approximate surface area is 80.3 Å². The van der Waals surface area contributed by atoms with Crippen LogP contribution in [-0.4, -0.2) is 9.97 Å². The van der Waals surface area contributed by atoms with E-state index >= 15 is 0 Å². The van der Waals surface area contributed by atoms with Crippen LogP contribution in [0.5, 0.6) is 0 Å². The Hall–Kier alpha value is -1.84. The molecule has 0 radical (unpaired) electrons. The average molecular weight is 192 g/mol. The van der Waals surface area contributed by atoms with Crippen molar-refractivity contribution in [3.8, 4) is 0 Å². The number of rotatable bonds is 1. The van der Waals surface area contributed by atoms with Crippen molar-refractivity contribution in [3.63, 3.8) is 0 Å². The van der Waals surface area contributed by atoms with Crippen molar-refractivity contribution < 1.29 is 0 Å². The normalized spacial score (nSPS) is 14.1. The molecule has 0 amide bonds. The fourth-order valence-electron chi connectivity index (χ4n) is 1.01. The molecule has 4 nitrogen and oxygen atoms in total. The van der Waals surface area contributed by atoms with Crippen molar-refractivity contribution in [1.82, 2.24) is 9.97 Å². The van der Waals surface area contributed by atoms with Crippen molar-refractivity contribution in [2.75, 3.05) is 0 Å². The predicted octanol–water partition coefficient (Wildman–Crippen LogP) is -0.780. The molecule has 0 bridgehead atoms. The van der Waals surface area contributed by atoms with E-state index in [1.807, 2.05) is 6.92 Å². The number of aromatic amines is 2. The molecule has 14 heavy (non-hydrogen) atoms. The summed E-state index contributed by atoms with van der Waals surface area (Å²) < 4.78 is 0. The van der Waals surface area contributed by atoms with Crippen LogP contribution in [0.1, 0.15) is 13.8 Å². The van der Waals surface area contributed by atoms with Gasteiger partial charge in [-0.1, -0.05) is 18.2 Å². The van der Waals surface area contributed by atoms with E-state index in [-0.39, 0.29) is 21.8 Å². The molecule has 0 atom stereocenters. The van der Waals surface area contributed by atoms with Crippen LogP contribution in [0.4, 0.5) is 0 Å². The molecule has 0 aliphatic carbocycles. The van der Waals surface area contributed by atoms with Crippen LogP contribution in [-0.2, 0) is 0 Å². The summed E-state index contributed by atoms with van der Waals surface area (Å²) in [6.45, 7) is 3.52. The molecular weight excluding hydrogens is 180 g/mol. The first-order chi connectivity index (χ1) is 6.69. The van der Waals surface area contributed by atoms with Crippen LogP contribution >= 0.6 is 0 Å². The molecule has 74 valence electrons. The molecule has 1 aromatic heterocycles. The minimum absolute atomic E-state index is 0.263. The van der Waals surface area contributed by atoms with Crippen LogP contribution in [0.3, 0.4) is 0 Å². The smallest absolute Gasteiger partial charge is 0.272 e. The average Bonchev–Trinajstić information content (AvgIpc) is 2.18. The van der Waals surface area contributed by atoms with E-state index in [9.17, 15) is 9.59 Å². The summed E-state index contributed by atoms with van der Waals surface area (Å²) in [5.74, 6) is 0. The van der Waals surface area contributed by atoms with Gasteiger partial charge in [0.2, 0.25) is 0 Å². The predicted molar refractivity (Wildman–Crippen MR) is 56.4 cm³/mol. The Morgan fingerprint density at radius 2 is 1.57 bits per heavy atom. The Morgan fingerprint density at radius 1 is 1.00 bits per heavy atom. The lowest BCUT2D eigenvalue weighted by molar-refractivity contribution is 1.00. The molecule has 1 rings (SSSR count). The maximum Gasteiger partial charge on any atom is 0.272 e. The van der Waals surface area contributed by atoms with E-state index in [4.69, 9.17) is 0 Å². The highest BCUT2D eigenvalue weighted by atomic mass is 16.1. The van der Waals surface area contributed by atoms with Crippen LogP contribution in [0, 0.1) is 0 Å². The number of H-pyrrole nitrogens is 2. The lowest BCUT2D eigenvalue weighted by Crippen LogP contribution is -2.46. The first kappa shape index (κ1) is 10.2. The molecule has 1 heterocycles. The summed E-state index contributed by atoms with van der Waals surface area (Å²) in [4.78, 5) is 27.6. The SMILES string of the molecule is C/C=C/C=c1/[nH]c(=O)/c(=C\C)[nH]c1=O. The minimum Gasteiger partial charge on any atom is -0.316 e. The first-order valence-corrected chi connectivity index (χ1v) is 4.31. The first-order valence-electron chi connectivity index (χ1n) is 4.31. The van der Waals surface area contributed by atoms with Gasteiger partial charge in [0, 0.05) is 0 Å². The highest BCUT2D eigenvalue weighted by Gasteiger charge is 1.91. The van der Waals surface area contributed by atoms with E-state index in [0.717, 1.165) is 0 Å². The van der Waals surface area contributed by atoms with Gasteiger partial charge in [-0.05, 0) is 19.9 Å². The van der Waals surface area contributed by atoms with Crippen molar-refractivity contribution in [2.24, 2.45) is 0 Å². The van der Waals surface area contributed by atoms with E-state index in [1.165, 1.54) is 0 Å². The van der Waals surface area contributed by atoms with Gasteiger partial charge in [0.05, 0.1) is 0 Å². The number of nitrogens with one attached hydrogen (secondary N) is 2. The Bertz CT molecular complexity index is 561. The van der Waals surface area contributed by atoms with Crippen molar-refractivity contribution in [3.05, 3.63) is 43.6 Å². The number of allylic oxidation sites excluding steroid dienone is 2. The Morgan fingerprint density at radius 3 is 2.14 bits per heavy atom. The zero-order chi connectivity index (χ0) is 10.6. The largest absolute Gasteiger partial charge is 0.316 e. The van der Waals surface area contributed by atoms with E-state index < -0.39 is 0 Å². The number of aromatic nitrogens is 2. The van der Waals surface area contributed by atoms with E-state index in [0.29, 0.717) is 0 Å². The summed E-state index contributed by atoms with van der Waals surface area (Å²) in [7, 11) is 0. The molecule has 2 N–H and O–H groups in total. The Balaban J connectivity index is 3.62. The fraction of sp³-hybridized carbons (Fsp3) is 0.200. The number of hydrogen-bond acceptors (Lipinski definition) is 2. The second kappa shape index (κ2) is 4.41. The highest BCUT2D eigenvalue weighted by Crippen LogP contribution is 1.67. The number of hydrogen-bond donors (Lipinski definition) is 2. The molecular formula is C10H12N2O2. The third-order valence-electron chi connectivity index (χ3n) is 1.73. The summed E-state index contributed by atoms with van der Waals surface area (Å²) in [5.41, 5.74) is -0.585. The quantitative estimate of drug-likeness (QED) is 0.613. The molecule has 0 saturated heterocycles. The van der Waals surface area contributed by atoms with Gasteiger partial charge in [-0.25, -0.2) is 0 Å². The molecule has 1 aromatic rings.